The average molecular weight is 355 g/mol. The zero-order valence-corrected chi connectivity index (χ0v) is 14.9. The molecule has 2 fully saturated rings. The van der Waals surface area contributed by atoms with Crippen molar-refractivity contribution in [2.24, 2.45) is 11.8 Å². The number of nitrogens with zero attached hydrogens (tertiary/aromatic N) is 1. The van der Waals surface area contributed by atoms with Gasteiger partial charge in [-0.05, 0) is 47.9 Å². The number of halogens is 2. The summed E-state index contributed by atoms with van der Waals surface area (Å²) in [6.07, 6.45) is 2.95. The highest BCUT2D eigenvalue weighted by atomic mass is 19.1. The van der Waals surface area contributed by atoms with E-state index in [0.29, 0.717) is 11.5 Å². The molecule has 1 heterocycles. The molecule has 4 rings (SSSR count). The van der Waals surface area contributed by atoms with Crippen LogP contribution in [-0.4, -0.2) is 23.9 Å². The molecular weight excluding hydrogens is 332 g/mol. The van der Waals surface area contributed by atoms with E-state index in [-0.39, 0.29) is 23.3 Å². The van der Waals surface area contributed by atoms with Crippen LogP contribution in [0.15, 0.2) is 42.5 Å². The van der Waals surface area contributed by atoms with Crippen LogP contribution in [0.4, 0.5) is 8.78 Å². The van der Waals surface area contributed by atoms with Gasteiger partial charge in [0.15, 0.2) is 0 Å². The standard InChI is InChI=1S/C22H23F2NO/c1-2-14-10-11-25(13-14)22(26)18-12-17(18)15-6-3-4-7-16(15)21-19(23)8-5-9-20(21)24/h3-9,14,17-18H,2,10-13H2,1H3. The Morgan fingerprint density at radius 2 is 1.85 bits per heavy atom. The molecule has 136 valence electrons. The third-order valence-electron chi connectivity index (χ3n) is 5.87. The van der Waals surface area contributed by atoms with Crippen LogP contribution in [0, 0.1) is 23.5 Å². The van der Waals surface area contributed by atoms with Gasteiger partial charge < -0.3 is 4.90 Å². The van der Waals surface area contributed by atoms with Crippen molar-refractivity contribution in [1.82, 2.24) is 4.90 Å². The zero-order chi connectivity index (χ0) is 18.3. The summed E-state index contributed by atoms with van der Waals surface area (Å²) in [5.74, 6) is -0.316. The summed E-state index contributed by atoms with van der Waals surface area (Å²) in [5.41, 5.74) is 1.45. The van der Waals surface area contributed by atoms with Gasteiger partial charge >= 0.3 is 0 Å². The molecule has 1 aliphatic carbocycles. The van der Waals surface area contributed by atoms with Crippen molar-refractivity contribution in [3.05, 3.63) is 59.7 Å². The van der Waals surface area contributed by atoms with E-state index in [9.17, 15) is 13.6 Å². The van der Waals surface area contributed by atoms with Crippen molar-refractivity contribution in [3.8, 4) is 11.1 Å². The summed E-state index contributed by atoms with van der Waals surface area (Å²) in [6.45, 7) is 3.85. The van der Waals surface area contributed by atoms with Gasteiger partial charge in [0.25, 0.3) is 0 Å². The van der Waals surface area contributed by atoms with Crippen molar-refractivity contribution in [1.29, 1.82) is 0 Å². The highest BCUT2D eigenvalue weighted by Gasteiger charge is 2.47. The molecule has 26 heavy (non-hydrogen) atoms. The van der Waals surface area contributed by atoms with E-state index in [0.717, 1.165) is 37.9 Å². The first-order valence-corrected chi connectivity index (χ1v) is 9.42. The molecule has 0 spiro atoms. The fraction of sp³-hybridized carbons (Fsp3) is 0.409. The van der Waals surface area contributed by atoms with Gasteiger partial charge in [0.1, 0.15) is 11.6 Å². The van der Waals surface area contributed by atoms with Gasteiger partial charge in [-0.25, -0.2) is 8.78 Å². The minimum absolute atomic E-state index is 0.00779. The largest absolute Gasteiger partial charge is 0.342 e. The Bertz CT molecular complexity index is 814. The van der Waals surface area contributed by atoms with Gasteiger partial charge in [-0.1, -0.05) is 43.7 Å². The summed E-state index contributed by atoms with van der Waals surface area (Å²) >= 11 is 0. The SMILES string of the molecule is CCC1CCN(C(=O)C2CC2c2ccccc2-c2c(F)cccc2F)C1. The van der Waals surface area contributed by atoms with Crippen LogP contribution in [0.3, 0.4) is 0 Å². The first-order chi connectivity index (χ1) is 12.6. The Balaban J connectivity index is 1.58. The van der Waals surface area contributed by atoms with E-state index in [1.807, 2.05) is 17.0 Å². The normalized spacial score (nSPS) is 24.7. The summed E-state index contributed by atoms with van der Waals surface area (Å²) < 4.78 is 28.5. The minimum atomic E-state index is -0.564. The lowest BCUT2D eigenvalue weighted by Gasteiger charge is -2.17. The monoisotopic (exact) mass is 355 g/mol. The molecule has 0 radical (unpaired) electrons. The van der Waals surface area contributed by atoms with Crippen LogP contribution < -0.4 is 0 Å². The number of hydrogen-bond acceptors (Lipinski definition) is 1. The quantitative estimate of drug-likeness (QED) is 0.756. The van der Waals surface area contributed by atoms with Crippen molar-refractivity contribution in [2.45, 2.75) is 32.1 Å². The molecule has 4 heteroatoms. The van der Waals surface area contributed by atoms with Crippen LogP contribution >= 0.6 is 0 Å². The summed E-state index contributed by atoms with van der Waals surface area (Å²) in [6, 6.07) is 11.2. The van der Waals surface area contributed by atoms with E-state index < -0.39 is 11.6 Å². The maximum Gasteiger partial charge on any atom is 0.226 e. The molecule has 0 bridgehead atoms. The van der Waals surface area contributed by atoms with Crippen molar-refractivity contribution in [2.75, 3.05) is 13.1 Å². The Hall–Kier alpha value is -2.23. The molecule has 1 amide bonds. The second-order valence-electron chi connectivity index (χ2n) is 7.48. The number of carbonyl (C=O) groups excluding carboxylic acids is 1. The highest BCUT2D eigenvalue weighted by molar-refractivity contribution is 5.84. The van der Waals surface area contributed by atoms with Crippen LogP contribution in [0.1, 0.15) is 37.7 Å². The molecule has 0 N–H and O–H groups in total. The molecule has 1 saturated carbocycles. The topological polar surface area (TPSA) is 20.3 Å². The Labute approximate surface area is 152 Å². The molecule has 2 aromatic rings. The molecule has 0 aromatic heterocycles. The van der Waals surface area contributed by atoms with E-state index >= 15 is 0 Å². The summed E-state index contributed by atoms with van der Waals surface area (Å²) in [7, 11) is 0. The Morgan fingerprint density at radius 1 is 1.12 bits per heavy atom. The molecular formula is C22H23F2NO. The third kappa shape index (κ3) is 3.02. The van der Waals surface area contributed by atoms with E-state index in [4.69, 9.17) is 0 Å². The molecule has 3 unspecified atom stereocenters. The molecule has 2 nitrogen and oxygen atoms in total. The van der Waals surface area contributed by atoms with Gasteiger partial charge in [0, 0.05) is 19.0 Å². The molecule has 1 aliphatic heterocycles. The summed E-state index contributed by atoms with van der Waals surface area (Å²) in [5, 5.41) is 0. The first kappa shape index (κ1) is 17.2. The lowest BCUT2D eigenvalue weighted by molar-refractivity contribution is -0.131. The zero-order valence-electron chi connectivity index (χ0n) is 14.9. The number of rotatable bonds is 4. The van der Waals surface area contributed by atoms with E-state index in [1.54, 1.807) is 12.1 Å². The fourth-order valence-electron chi connectivity index (χ4n) is 4.22. The minimum Gasteiger partial charge on any atom is -0.342 e. The predicted molar refractivity (Wildman–Crippen MR) is 97.6 cm³/mol. The maximum atomic E-state index is 14.3. The fourth-order valence-corrected chi connectivity index (χ4v) is 4.22. The number of likely N-dealkylation sites (tertiary alicyclic amines) is 1. The van der Waals surface area contributed by atoms with Crippen molar-refractivity contribution in [3.63, 3.8) is 0 Å². The smallest absolute Gasteiger partial charge is 0.226 e. The lowest BCUT2D eigenvalue weighted by atomic mass is 9.95. The Kier molecular flexibility index (Phi) is 4.51. The second kappa shape index (κ2) is 6.82. The van der Waals surface area contributed by atoms with Crippen LogP contribution in [-0.2, 0) is 4.79 Å². The van der Waals surface area contributed by atoms with Crippen molar-refractivity contribution < 1.29 is 13.6 Å². The maximum absolute atomic E-state index is 14.3. The molecule has 2 aromatic carbocycles. The summed E-state index contributed by atoms with van der Waals surface area (Å²) in [4.78, 5) is 14.8. The van der Waals surface area contributed by atoms with Gasteiger partial charge in [-0.15, -0.1) is 0 Å². The Morgan fingerprint density at radius 3 is 2.54 bits per heavy atom. The van der Waals surface area contributed by atoms with Crippen LogP contribution in [0.5, 0.6) is 0 Å². The van der Waals surface area contributed by atoms with E-state index in [2.05, 4.69) is 6.92 Å². The lowest BCUT2D eigenvalue weighted by Crippen LogP contribution is -2.30. The second-order valence-corrected chi connectivity index (χ2v) is 7.48. The first-order valence-electron chi connectivity index (χ1n) is 9.42. The van der Waals surface area contributed by atoms with Gasteiger partial charge in [-0.3, -0.25) is 4.79 Å². The van der Waals surface area contributed by atoms with Gasteiger partial charge in [0.05, 0.1) is 5.56 Å². The molecule has 1 saturated heterocycles. The number of carbonyl (C=O) groups is 1. The highest BCUT2D eigenvalue weighted by Crippen LogP contribution is 2.52. The van der Waals surface area contributed by atoms with Crippen LogP contribution in [0.25, 0.3) is 11.1 Å². The predicted octanol–water partition coefficient (Wildman–Crippen LogP) is 4.99. The van der Waals surface area contributed by atoms with Gasteiger partial charge in [-0.2, -0.15) is 0 Å². The van der Waals surface area contributed by atoms with E-state index in [1.165, 1.54) is 18.2 Å². The van der Waals surface area contributed by atoms with Crippen LogP contribution in [0.2, 0.25) is 0 Å². The van der Waals surface area contributed by atoms with Gasteiger partial charge in [0.2, 0.25) is 5.91 Å². The molecule has 2 aliphatic rings. The number of amides is 1. The molecule has 3 atom stereocenters. The average Bonchev–Trinajstić information content (AvgIpc) is 3.29. The number of benzene rings is 2. The third-order valence-corrected chi connectivity index (χ3v) is 5.87. The van der Waals surface area contributed by atoms with Crippen molar-refractivity contribution >= 4 is 5.91 Å². The number of hydrogen-bond donors (Lipinski definition) is 0.